The molecule has 1 aromatic heterocycles. The number of hydrogen-bond donors (Lipinski definition) is 2. The molecule has 0 bridgehead atoms. The van der Waals surface area contributed by atoms with E-state index in [-0.39, 0.29) is 23.3 Å². The molecule has 1 aliphatic rings. The lowest BCUT2D eigenvalue weighted by Gasteiger charge is -2.27. The van der Waals surface area contributed by atoms with Crippen LogP contribution in [0.25, 0.3) is 0 Å². The zero-order valence-electron chi connectivity index (χ0n) is 14.7. The molecule has 0 spiro atoms. The molecule has 26 heavy (non-hydrogen) atoms. The summed E-state index contributed by atoms with van der Waals surface area (Å²) in [5.74, 6) is -0.177. The van der Waals surface area contributed by atoms with Gasteiger partial charge in [0, 0.05) is 24.5 Å². The van der Waals surface area contributed by atoms with Crippen molar-refractivity contribution < 1.29 is 18.3 Å². The number of nitrogens with zero attached hydrogens (tertiary/aromatic N) is 1. The van der Waals surface area contributed by atoms with Crippen LogP contribution < -0.4 is 5.32 Å². The van der Waals surface area contributed by atoms with Crippen molar-refractivity contribution in [1.82, 2.24) is 9.62 Å². The average Bonchev–Trinajstić information content (AvgIpc) is 3.34. The Hall–Kier alpha value is -1.74. The first kappa shape index (κ1) is 19.0. The maximum atomic E-state index is 12.4. The van der Waals surface area contributed by atoms with Gasteiger partial charge < -0.3 is 10.4 Å². The average molecular weight is 395 g/mol. The van der Waals surface area contributed by atoms with E-state index in [1.807, 2.05) is 17.5 Å². The van der Waals surface area contributed by atoms with Gasteiger partial charge in [0.15, 0.2) is 0 Å². The lowest BCUT2D eigenvalue weighted by Crippen LogP contribution is -2.42. The molecule has 3 rings (SSSR count). The molecule has 2 aromatic rings. The minimum absolute atomic E-state index is 0.132. The number of carbonyl (C=O) groups is 1. The highest BCUT2D eigenvalue weighted by molar-refractivity contribution is 7.89. The minimum atomic E-state index is -3.52. The van der Waals surface area contributed by atoms with E-state index in [4.69, 9.17) is 0 Å². The summed E-state index contributed by atoms with van der Waals surface area (Å²) in [6, 6.07) is 9.56. The van der Waals surface area contributed by atoms with Crippen LogP contribution in [0.2, 0.25) is 0 Å². The Morgan fingerprint density at radius 3 is 2.42 bits per heavy atom. The van der Waals surface area contributed by atoms with Gasteiger partial charge in [0.05, 0.1) is 11.4 Å². The minimum Gasteiger partial charge on any atom is -0.382 e. The number of nitrogens with one attached hydrogen (secondary N) is 1. The molecule has 6 nitrogen and oxygen atoms in total. The Labute approximate surface area is 157 Å². The van der Waals surface area contributed by atoms with Crippen LogP contribution in [0.1, 0.15) is 28.1 Å². The number of benzene rings is 1. The molecule has 140 valence electrons. The van der Waals surface area contributed by atoms with Gasteiger partial charge in [-0.05, 0) is 54.5 Å². The van der Waals surface area contributed by atoms with Crippen molar-refractivity contribution in [3.8, 4) is 0 Å². The first-order chi connectivity index (χ1) is 12.2. The number of hydrogen-bond acceptors (Lipinski definition) is 5. The van der Waals surface area contributed by atoms with E-state index in [1.54, 1.807) is 0 Å². The van der Waals surface area contributed by atoms with Gasteiger partial charge in [-0.3, -0.25) is 4.79 Å². The van der Waals surface area contributed by atoms with E-state index in [2.05, 4.69) is 5.32 Å². The topological polar surface area (TPSA) is 86.7 Å². The summed E-state index contributed by atoms with van der Waals surface area (Å²) < 4.78 is 25.3. The summed E-state index contributed by atoms with van der Waals surface area (Å²) in [7, 11) is -0.609. The number of carbonyl (C=O) groups excluding carboxylic acids is 1. The highest BCUT2D eigenvalue weighted by Gasteiger charge is 2.46. The molecule has 0 aliphatic heterocycles. The van der Waals surface area contributed by atoms with Crippen molar-refractivity contribution in [3.63, 3.8) is 0 Å². The van der Waals surface area contributed by atoms with Crippen molar-refractivity contribution in [2.75, 3.05) is 20.6 Å². The molecule has 1 fully saturated rings. The van der Waals surface area contributed by atoms with E-state index < -0.39 is 15.6 Å². The fourth-order valence-electron chi connectivity index (χ4n) is 2.82. The van der Waals surface area contributed by atoms with E-state index >= 15 is 0 Å². The molecule has 1 amide bonds. The molecular weight excluding hydrogens is 372 g/mol. The third-order valence-electron chi connectivity index (χ3n) is 4.61. The lowest BCUT2D eigenvalue weighted by molar-refractivity contribution is 0.0169. The van der Waals surface area contributed by atoms with Crippen molar-refractivity contribution in [1.29, 1.82) is 0 Å². The quantitative estimate of drug-likeness (QED) is 0.752. The zero-order valence-corrected chi connectivity index (χ0v) is 16.3. The number of rotatable bonds is 7. The SMILES string of the molecule is CN(C)S(=O)(=O)c1ccc(C(=O)NC[C@@](O)(c2cccs2)C2CC2)cc1. The second-order valence-electron chi connectivity index (χ2n) is 6.67. The first-order valence-corrected chi connectivity index (χ1v) is 10.6. The monoisotopic (exact) mass is 394 g/mol. The van der Waals surface area contributed by atoms with E-state index in [0.717, 1.165) is 22.0 Å². The molecule has 1 atom stereocenters. The molecule has 0 radical (unpaired) electrons. The molecule has 2 N–H and O–H groups in total. The van der Waals surface area contributed by atoms with Gasteiger partial charge in [0.2, 0.25) is 10.0 Å². The molecular formula is C18H22N2O4S2. The maximum Gasteiger partial charge on any atom is 0.251 e. The first-order valence-electron chi connectivity index (χ1n) is 8.32. The Balaban J connectivity index is 1.70. The van der Waals surface area contributed by atoms with E-state index in [0.29, 0.717) is 5.56 Å². The predicted molar refractivity (Wildman–Crippen MR) is 101 cm³/mol. The number of sulfonamides is 1. The zero-order chi connectivity index (χ0) is 18.9. The third kappa shape index (κ3) is 3.68. The lowest BCUT2D eigenvalue weighted by atomic mass is 9.95. The van der Waals surface area contributed by atoms with Crippen LogP contribution in [0, 0.1) is 5.92 Å². The van der Waals surface area contributed by atoms with Crippen LogP contribution in [0.15, 0.2) is 46.7 Å². The standard InChI is InChI=1S/C18H22N2O4S2/c1-20(2)26(23,24)15-9-5-13(6-10-15)17(21)19-12-18(22,14-7-8-14)16-4-3-11-25-16/h3-6,9-11,14,22H,7-8,12H2,1-2H3,(H,19,21)/t18-/m0/s1. The van der Waals surface area contributed by atoms with Crippen molar-refractivity contribution in [2.45, 2.75) is 23.3 Å². The Bertz CT molecular complexity index is 872. The van der Waals surface area contributed by atoms with Crippen LogP contribution in [0.5, 0.6) is 0 Å². The van der Waals surface area contributed by atoms with Gasteiger partial charge in [-0.25, -0.2) is 12.7 Å². The van der Waals surface area contributed by atoms with Crippen LogP contribution in [0.3, 0.4) is 0 Å². The van der Waals surface area contributed by atoms with Crippen molar-refractivity contribution in [3.05, 3.63) is 52.2 Å². The van der Waals surface area contributed by atoms with Crippen LogP contribution >= 0.6 is 11.3 Å². The highest BCUT2D eigenvalue weighted by Crippen LogP contribution is 2.46. The third-order valence-corrected chi connectivity index (χ3v) is 7.48. The molecule has 1 saturated carbocycles. The summed E-state index contributed by atoms with van der Waals surface area (Å²) in [6.45, 7) is 0.134. The number of amides is 1. The van der Waals surface area contributed by atoms with Crippen LogP contribution in [-0.2, 0) is 15.6 Å². The van der Waals surface area contributed by atoms with Gasteiger partial charge in [-0.1, -0.05) is 6.07 Å². The summed E-state index contributed by atoms with van der Waals surface area (Å²) in [5, 5.41) is 15.7. The second-order valence-corrected chi connectivity index (χ2v) is 9.77. The molecule has 1 aromatic carbocycles. The molecule has 8 heteroatoms. The predicted octanol–water partition coefficient (Wildman–Crippen LogP) is 2.03. The second kappa shape index (κ2) is 7.11. The Kier molecular flexibility index (Phi) is 5.21. The normalized spacial score (nSPS) is 17.1. The molecule has 0 unspecified atom stereocenters. The van der Waals surface area contributed by atoms with Crippen LogP contribution in [-0.4, -0.2) is 44.4 Å². The van der Waals surface area contributed by atoms with E-state index in [1.165, 1.54) is 49.7 Å². The van der Waals surface area contributed by atoms with Gasteiger partial charge in [0.25, 0.3) is 5.91 Å². The smallest absolute Gasteiger partial charge is 0.251 e. The largest absolute Gasteiger partial charge is 0.382 e. The highest BCUT2D eigenvalue weighted by atomic mass is 32.2. The number of aliphatic hydroxyl groups is 1. The van der Waals surface area contributed by atoms with Gasteiger partial charge >= 0.3 is 0 Å². The van der Waals surface area contributed by atoms with Crippen molar-refractivity contribution >= 4 is 27.3 Å². The molecule has 1 heterocycles. The van der Waals surface area contributed by atoms with Gasteiger partial charge in [-0.15, -0.1) is 11.3 Å². The fraction of sp³-hybridized carbons (Fsp3) is 0.389. The summed E-state index contributed by atoms with van der Waals surface area (Å²) in [6.07, 6.45) is 1.89. The molecule has 0 saturated heterocycles. The summed E-state index contributed by atoms with van der Waals surface area (Å²) in [5.41, 5.74) is -0.690. The fourth-order valence-corrected chi connectivity index (χ4v) is 4.63. The van der Waals surface area contributed by atoms with Crippen molar-refractivity contribution in [2.24, 2.45) is 5.92 Å². The maximum absolute atomic E-state index is 12.4. The van der Waals surface area contributed by atoms with Gasteiger partial charge in [0.1, 0.15) is 5.60 Å². The Morgan fingerprint density at radius 1 is 1.27 bits per heavy atom. The Morgan fingerprint density at radius 2 is 1.92 bits per heavy atom. The number of thiophene rings is 1. The van der Waals surface area contributed by atoms with Gasteiger partial charge in [-0.2, -0.15) is 0 Å². The van der Waals surface area contributed by atoms with E-state index in [9.17, 15) is 18.3 Å². The summed E-state index contributed by atoms with van der Waals surface area (Å²) >= 11 is 1.48. The molecule has 1 aliphatic carbocycles. The summed E-state index contributed by atoms with van der Waals surface area (Å²) in [4.78, 5) is 13.4. The van der Waals surface area contributed by atoms with Crippen LogP contribution in [0.4, 0.5) is 0 Å².